The second-order valence-corrected chi connectivity index (χ2v) is 6.00. The van der Waals surface area contributed by atoms with Crippen LogP contribution in [0, 0.1) is 0 Å². The van der Waals surface area contributed by atoms with Gasteiger partial charge in [-0.1, -0.05) is 38.3 Å². The van der Waals surface area contributed by atoms with Crippen molar-refractivity contribution in [3.63, 3.8) is 0 Å². The van der Waals surface area contributed by atoms with E-state index in [1.54, 1.807) is 0 Å². The second-order valence-electron chi connectivity index (χ2n) is 6.00. The fourth-order valence-corrected chi connectivity index (χ4v) is 2.23. The summed E-state index contributed by atoms with van der Waals surface area (Å²) in [6, 6.07) is -0.792. The first-order valence-corrected chi connectivity index (χ1v) is 8.98. The second kappa shape index (κ2) is 15.5. The molecule has 0 aliphatic carbocycles. The monoisotopic (exact) mass is 326 g/mol. The third-order valence-corrected chi connectivity index (χ3v) is 3.75. The van der Waals surface area contributed by atoms with E-state index in [0.29, 0.717) is 25.8 Å². The van der Waals surface area contributed by atoms with Crippen LogP contribution >= 0.6 is 0 Å². The first-order chi connectivity index (χ1) is 11.1. The fourth-order valence-electron chi connectivity index (χ4n) is 2.23. The third kappa shape index (κ3) is 15.3. The minimum absolute atomic E-state index is 0.0730. The van der Waals surface area contributed by atoms with Gasteiger partial charge in [0.25, 0.3) is 0 Å². The molecule has 5 nitrogen and oxygen atoms in total. The Hall–Kier alpha value is -1.36. The van der Waals surface area contributed by atoms with Gasteiger partial charge in [0.15, 0.2) is 0 Å². The molecule has 23 heavy (non-hydrogen) atoms. The molecule has 0 aliphatic heterocycles. The summed E-state index contributed by atoms with van der Waals surface area (Å²) in [5.41, 5.74) is 5.40. The Morgan fingerprint density at radius 3 is 2.39 bits per heavy atom. The number of amides is 1. The Kier molecular flexibility index (Phi) is 14.6. The van der Waals surface area contributed by atoms with Gasteiger partial charge in [0.1, 0.15) is 6.04 Å². The molecule has 0 saturated heterocycles. The summed E-state index contributed by atoms with van der Waals surface area (Å²) in [4.78, 5) is 22.1. The minimum atomic E-state index is -0.965. The molecule has 1 atom stereocenters. The topological polar surface area (TPSA) is 92.4 Å². The van der Waals surface area contributed by atoms with Gasteiger partial charge in [-0.2, -0.15) is 0 Å². The van der Waals surface area contributed by atoms with Gasteiger partial charge in [-0.15, -0.1) is 0 Å². The van der Waals surface area contributed by atoms with Crippen molar-refractivity contribution >= 4 is 11.9 Å². The van der Waals surface area contributed by atoms with Crippen LogP contribution in [0.1, 0.15) is 77.6 Å². The van der Waals surface area contributed by atoms with Crippen LogP contribution in [-0.2, 0) is 9.59 Å². The molecule has 1 amide bonds. The van der Waals surface area contributed by atoms with Crippen LogP contribution in [0.4, 0.5) is 0 Å². The Morgan fingerprint density at radius 2 is 1.74 bits per heavy atom. The molecule has 0 heterocycles. The molecule has 0 aromatic heterocycles. The van der Waals surface area contributed by atoms with E-state index in [9.17, 15) is 9.59 Å². The molecule has 0 aromatic rings. The lowest BCUT2D eigenvalue weighted by Gasteiger charge is -2.07. The highest BCUT2D eigenvalue weighted by Crippen LogP contribution is 2.04. The maximum absolute atomic E-state index is 11.6. The van der Waals surface area contributed by atoms with E-state index in [0.717, 1.165) is 25.7 Å². The zero-order valence-corrected chi connectivity index (χ0v) is 14.6. The highest BCUT2D eigenvalue weighted by molar-refractivity contribution is 5.75. The molecule has 0 saturated carbocycles. The molecule has 0 unspecified atom stereocenters. The summed E-state index contributed by atoms with van der Waals surface area (Å²) in [6.45, 7) is 2.81. The average molecular weight is 326 g/mol. The van der Waals surface area contributed by atoms with Crippen molar-refractivity contribution in [2.45, 2.75) is 83.6 Å². The van der Waals surface area contributed by atoms with Gasteiger partial charge in [0.05, 0.1) is 0 Å². The molecule has 0 spiro atoms. The van der Waals surface area contributed by atoms with Gasteiger partial charge < -0.3 is 16.2 Å². The molecule has 0 rings (SSSR count). The molecule has 4 N–H and O–H groups in total. The maximum atomic E-state index is 11.6. The van der Waals surface area contributed by atoms with E-state index in [2.05, 4.69) is 24.4 Å². The Morgan fingerprint density at radius 1 is 1.04 bits per heavy atom. The normalized spacial score (nSPS) is 12.4. The molecule has 0 aliphatic rings. The van der Waals surface area contributed by atoms with Crippen LogP contribution in [0.15, 0.2) is 12.2 Å². The zero-order chi connectivity index (χ0) is 17.3. The van der Waals surface area contributed by atoms with E-state index >= 15 is 0 Å². The van der Waals surface area contributed by atoms with Crippen molar-refractivity contribution in [2.75, 3.05) is 6.54 Å². The van der Waals surface area contributed by atoms with Gasteiger partial charge in [-0.05, 0) is 44.9 Å². The molecule has 0 bridgehead atoms. The van der Waals surface area contributed by atoms with Crippen molar-refractivity contribution < 1.29 is 14.7 Å². The number of rotatable bonds is 15. The van der Waals surface area contributed by atoms with Crippen molar-refractivity contribution in [3.8, 4) is 0 Å². The SMILES string of the molecule is CCCCCC/C=C/CCCC(=O)NCCCC[C@H](N)C(=O)O. The van der Waals surface area contributed by atoms with E-state index in [1.165, 1.54) is 25.7 Å². The van der Waals surface area contributed by atoms with Crippen LogP contribution in [0.2, 0.25) is 0 Å². The van der Waals surface area contributed by atoms with E-state index in [4.69, 9.17) is 10.8 Å². The van der Waals surface area contributed by atoms with Gasteiger partial charge in [-0.25, -0.2) is 0 Å². The predicted molar refractivity (Wildman–Crippen MR) is 94.2 cm³/mol. The van der Waals surface area contributed by atoms with Crippen molar-refractivity contribution in [1.82, 2.24) is 5.32 Å². The number of nitrogens with two attached hydrogens (primary N) is 1. The molecule has 0 aromatic carbocycles. The first-order valence-electron chi connectivity index (χ1n) is 8.98. The number of carbonyl (C=O) groups excluding carboxylic acids is 1. The molecule has 0 radical (unpaired) electrons. The lowest BCUT2D eigenvalue weighted by atomic mass is 10.1. The number of aliphatic carboxylic acids is 1. The van der Waals surface area contributed by atoms with E-state index in [1.807, 2.05) is 0 Å². The van der Waals surface area contributed by atoms with Crippen LogP contribution in [-0.4, -0.2) is 29.6 Å². The maximum Gasteiger partial charge on any atom is 0.320 e. The summed E-state index contributed by atoms with van der Waals surface area (Å²) in [7, 11) is 0. The van der Waals surface area contributed by atoms with Crippen molar-refractivity contribution in [3.05, 3.63) is 12.2 Å². The highest BCUT2D eigenvalue weighted by Gasteiger charge is 2.10. The summed E-state index contributed by atoms with van der Waals surface area (Å²) in [5.74, 6) is -0.892. The van der Waals surface area contributed by atoms with Crippen molar-refractivity contribution in [2.24, 2.45) is 5.73 Å². The van der Waals surface area contributed by atoms with E-state index in [-0.39, 0.29) is 5.91 Å². The first kappa shape index (κ1) is 21.6. The highest BCUT2D eigenvalue weighted by atomic mass is 16.4. The number of hydrogen-bond donors (Lipinski definition) is 3. The largest absolute Gasteiger partial charge is 0.480 e. The van der Waals surface area contributed by atoms with Gasteiger partial charge in [0, 0.05) is 13.0 Å². The summed E-state index contributed by atoms with van der Waals surface area (Å²) >= 11 is 0. The number of hydrogen-bond acceptors (Lipinski definition) is 3. The van der Waals surface area contributed by atoms with Gasteiger partial charge >= 0.3 is 5.97 Å². The van der Waals surface area contributed by atoms with Crippen LogP contribution < -0.4 is 11.1 Å². The van der Waals surface area contributed by atoms with Crippen LogP contribution in [0.5, 0.6) is 0 Å². The van der Waals surface area contributed by atoms with Gasteiger partial charge in [-0.3, -0.25) is 9.59 Å². The summed E-state index contributed by atoms with van der Waals surface area (Å²) in [5, 5.41) is 11.5. The third-order valence-electron chi connectivity index (χ3n) is 3.75. The number of carboxylic acids is 1. The smallest absolute Gasteiger partial charge is 0.320 e. The van der Waals surface area contributed by atoms with Gasteiger partial charge in [0.2, 0.25) is 5.91 Å². The number of carboxylic acid groups (broad SMARTS) is 1. The molecular weight excluding hydrogens is 292 g/mol. The fraction of sp³-hybridized carbons (Fsp3) is 0.778. The molecule has 0 fully saturated rings. The number of carbonyl (C=O) groups is 2. The molecule has 134 valence electrons. The Labute approximate surface area is 140 Å². The molecule has 5 heteroatoms. The minimum Gasteiger partial charge on any atom is -0.480 e. The van der Waals surface area contributed by atoms with Crippen molar-refractivity contribution in [1.29, 1.82) is 0 Å². The number of nitrogens with one attached hydrogen (secondary N) is 1. The summed E-state index contributed by atoms with van der Waals surface area (Å²) in [6.07, 6.45) is 15.0. The lowest BCUT2D eigenvalue weighted by molar-refractivity contribution is -0.138. The molecular formula is C18H34N2O3. The Balaban J connectivity index is 3.37. The average Bonchev–Trinajstić information content (AvgIpc) is 2.52. The predicted octanol–water partition coefficient (Wildman–Crippen LogP) is 3.38. The number of allylic oxidation sites excluding steroid dienone is 2. The standard InChI is InChI=1S/C18H34N2O3/c1-2-3-4-5-6-7-8-9-10-14-17(21)20-15-12-11-13-16(19)18(22)23/h7-8,16H,2-6,9-15,19H2,1H3,(H,20,21)(H,22,23)/b8-7+/t16-/m0/s1. The zero-order valence-electron chi connectivity index (χ0n) is 14.6. The lowest BCUT2D eigenvalue weighted by Crippen LogP contribution is -2.30. The van der Waals surface area contributed by atoms with Crippen LogP contribution in [0.3, 0.4) is 0 Å². The summed E-state index contributed by atoms with van der Waals surface area (Å²) < 4.78 is 0. The quantitative estimate of drug-likeness (QED) is 0.318. The van der Waals surface area contributed by atoms with E-state index < -0.39 is 12.0 Å². The Bertz CT molecular complexity index is 343. The van der Waals surface area contributed by atoms with Crippen LogP contribution in [0.25, 0.3) is 0 Å². The number of unbranched alkanes of at least 4 members (excludes halogenated alkanes) is 6.